The van der Waals surface area contributed by atoms with Crippen molar-refractivity contribution in [2.75, 3.05) is 26.0 Å². The molecule has 144 valence electrons. The highest BCUT2D eigenvalue weighted by Crippen LogP contribution is 2.22. The topological polar surface area (TPSA) is 113 Å². The normalized spacial score (nSPS) is 11.3. The number of phenols is 1. The van der Waals surface area contributed by atoms with E-state index in [1.165, 1.54) is 50.5 Å². The van der Waals surface area contributed by atoms with Crippen LogP contribution in [0.5, 0.6) is 5.75 Å². The number of sulfonamides is 1. The zero-order valence-electron chi connectivity index (χ0n) is 15.1. The van der Waals surface area contributed by atoms with Gasteiger partial charge in [-0.1, -0.05) is 6.07 Å². The molecule has 0 aromatic heterocycles. The Bertz CT molecular complexity index is 952. The number of amides is 1. The van der Waals surface area contributed by atoms with Crippen LogP contribution in [0, 0.1) is 6.92 Å². The fourth-order valence-corrected chi connectivity index (χ4v) is 3.03. The number of rotatable bonds is 6. The van der Waals surface area contributed by atoms with Gasteiger partial charge >= 0.3 is 5.97 Å². The van der Waals surface area contributed by atoms with Gasteiger partial charge in [0.1, 0.15) is 5.75 Å². The van der Waals surface area contributed by atoms with Crippen LogP contribution in [0.15, 0.2) is 47.4 Å². The van der Waals surface area contributed by atoms with Crippen molar-refractivity contribution in [3.05, 3.63) is 53.6 Å². The predicted molar refractivity (Wildman–Crippen MR) is 99.1 cm³/mol. The summed E-state index contributed by atoms with van der Waals surface area (Å²) in [5.41, 5.74) is 1.16. The zero-order chi connectivity index (χ0) is 20.2. The first kappa shape index (κ1) is 20.4. The Morgan fingerprint density at radius 2 is 1.74 bits per heavy atom. The summed E-state index contributed by atoms with van der Waals surface area (Å²) in [6, 6.07) is 9.78. The Kier molecular flexibility index (Phi) is 6.19. The molecule has 2 aromatic carbocycles. The Morgan fingerprint density at radius 3 is 2.33 bits per heavy atom. The number of esters is 1. The average Bonchev–Trinajstić information content (AvgIpc) is 2.61. The van der Waals surface area contributed by atoms with Gasteiger partial charge in [-0.25, -0.2) is 17.5 Å². The van der Waals surface area contributed by atoms with Crippen LogP contribution in [0.2, 0.25) is 0 Å². The monoisotopic (exact) mass is 392 g/mol. The molecule has 0 unspecified atom stereocenters. The van der Waals surface area contributed by atoms with E-state index in [-0.39, 0.29) is 16.2 Å². The van der Waals surface area contributed by atoms with Gasteiger partial charge in [0.15, 0.2) is 6.61 Å². The highest BCUT2D eigenvalue weighted by molar-refractivity contribution is 7.89. The number of aromatic hydroxyl groups is 1. The van der Waals surface area contributed by atoms with Crippen molar-refractivity contribution in [2.45, 2.75) is 11.8 Å². The largest absolute Gasteiger partial charge is 0.508 e. The number of hydrogen-bond acceptors (Lipinski definition) is 6. The van der Waals surface area contributed by atoms with Crippen LogP contribution in [-0.2, 0) is 19.6 Å². The number of phenolic OH excluding ortho intramolecular Hbond substituents is 1. The molecule has 0 heterocycles. The third kappa shape index (κ3) is 5.05. The van der Waals surface area contributed by atoms with E-state index in [2.05, 4.69) is 5.32 Å². The summed E-state index contributed by atoms with van der Waals surface area (Å²) in [6.07, 6.45) is 0. The molecule has 0 atom stereocenters. The number of anilines is 1. The summed E-state index contributed by atoms with van der Waals surface area (Å²) in [6.45, 7) is 1.17. The maximum atomic E-state index is 12.2. The van der Waals surface area contributed by atoms with Gasteiger partial charge in [0.25, 0.3) is 5.91 Å². The van der Waals surface area contributed by atoms with Crippen LogP contribution in [0.4, 0.5) is 5.69 Å². The minimum atomic E-state index is -3.64. The molecule has 0 saturated carbocycles. The molecule has 2 N–H and O–H groups in total. The molecule has 27 heavy (non-hydrogen) atoms. The van der Waals surface area contributed by atoms with Gasteiger partial charge in [0.2, 0.25) is 10.0 Å². The van der Waals surface area contributed by atoms with Crippen molar-refractivity contribution in [3.63, 3.8) is 0 Å². The molecule has 9 heteroatoms. The van der Waals surface area contributed by atoms with Crippen molar-refractivity contribution < 1.29 is 27.9 Å². The Morgan fingerprint density at radius 1 is 1.11 bits per heavy atom. The van der Waals surface area contributed by atoms with Crippen molar-refractivity contribution in [3.8, 4) is 5.75 Å². The van der Waals surface area contributed by atoms with Gasteiger partial charge in [-0.15, -0.1) is 0 Å². The number of nitrogens with one attached hydrogen (secondary N) is 1. The second-order valence-corrected chi connectivity index (χ2v) is 8.09. The lowest BCUT2D eigenvalue weighted by molar-refractivity contribution is -0.119. The number of nitrogens with zero attached hydrogens (tertiary/aromatic N) is 1. The minimum Gasteiger partial charge on any atom is -0.508 e. The number of ether oxygens (including phenoxy) is 1. The first-order chi connectivity index (χ1) is 12.6. The van der Waals surface area contributed by atoms with E-state index in [0.29, 0.717) is 11.3 Å². The highest BCUT2D eigenvalue weighted by atomic mass is 32.2. The van der Waals surface area contributed by atoms with E-state index in [1.54, 1.807) is 13.0 Å². The van der Waals surface area contributed by atoms with E-state index >= 15 is 0 Å². The molecule has 0 aliphatic carbocycles. The molecule has 0 radical (unpaired) electrons. The van der Waals surface area contributed by atoms with Gasteiger partial charge in [-0.2, -0.15) is 0 Å². The van der Waals surface area contributed by atoms with E-state index < -0.39 is 28.5 Å². The van der Waals surface area contributed by atoms with Crippen LogP contribution in [0.25, 0.3) is 0 Å². The molecule has 2 rings (SSSR count). The molecule has 0 aliphatic heterocycles. The summed E-state index contributed by atoms with van der Waals surface area (Å²) in [7, 11) is -0.815. The molecule has 8 nitrogen and oxygen atoms in total. The lowest BCUT2D eigenvalue weighted by Gasteiger charge is -2.14. The van der Waals surface area contributed by atoms with Crippen LogP contribution >= 0.6 is 0 Å². The second-order valence-electron chi connectivity index (χ2n) is 5.94. The average molecular weight is 392 g/mol. The van der Waals surface area contributed by atoms with Crippen LogP contribution in [0.1, 0.15) is 15.9 Å². The molecule has 0 bridgehead atoms. The van der Waals surface area contributed by atoms with Crippen LogP contribution in [0.3, 0.4) is 0 Å². The number of benzene rings is 2. The summed E-state index contributed by atoms with van der Waals surface area (Å²) in [5, 5.41) is 11.7. The highest BCUT2D eigenvalue weighted by Gasteiger charge is 2.19. The van der Waals surface area contributed by atoms with Crippen molar-refractivity contribution in [1.82, 2.24) is 4.31 Å². The third-order valence-electron chi connectivity index (χ3n) is 3.70. The van der Waals surface area contributed by atoms with E-state index in [0.717, 1.165) is 4.31 Å². The Balaban J connectivity index is 2.05. The summed E-state index contributed by atoms with van der Waals surface area (Å²) in [5.74, 6) is -1.32. The number of aryl methyl sites for hydroxylation is 1. The number of hydrogen-bond donors (Lipinski definition) is 2. The van der Waals surface area contributed by atoms with Crippen molar-refractivity contribution in [2.24, 2.45) is 0 Å². The Hall–Kier alpha value is -2.91. The fraction of sp³-hybridized carbons (Fsp3) is 0.222. The lowest BCUT2D eigenvalue weighted by atomic mass is 10.2. The molecular formula is C18H20N2O6S. The Labute approximate surface area is 157 Å². The van der Waals surface area contributed by atoms with E-state index in [1.807, 2.05) is 0 Å². The predicted octanol–water partition coefficient (Wildman–Crippen LogP) is 1.75. The van der Waals surface area contributed by atoms with Gasteiger partial charge < -0.3 is 15.2 Å². The summed E-state index contributed by atoms with van der Waals surface area (Å²) < 4.78 is 30.4. The summed E-state index contributed by atoms with van der Waals surface area (Å²) >= 11 is 0. The summed E-state index contributed by atoms with van der Waals surface area (Å²) in [4.78, 5) is 24.0. The van der Waals surface area contributed by atoms with Crippen molar-refractivity contribution >= 4 is 27.6 Å². The number of carbonyl (C=O) groups is 2. The smallest absolute Gasteiger partial charge is 0.338 e. The van der Waals surface area contributed by atoms with Gasteiger partial charge in [0.05, 0.1) is 10.5 Å². The molecule has 1 amide bonds. The van der Waals surface area contributed by atoms with E-state index in [4.69, 9.17) is 4.74 Å². The standard InChI is InChI=1S/C18H20N2O6S/c1-12-4-9-15(27(24,25)20(2)3)10-16(12)19-17(22)11-26-18(23)13-5-7-14(21)8-6-13/h4-10,21H,11H2,1-3H3,(H,19,22). The van der Waals surface area contributed by atoms with Crippen molar-refractivity contribution in [1.29, 1.82) is 0 Å². The molecule has 0 spiro atoms. The zero-order valence-corrected chi connectivity index (χ0v) is 15.9. The van der Waals surface area contributed by atoms with Crippen LogP contribution in [-0.4, -0.2) is 50.4 Å². The third-order valence-corrected chi connectivity index (χ3v) is 5.51. The van der Waals surface area contributed by atoms with Gasteiger partial charge in [0, 0.05) is 19.8 Å². The second kappa shape index (κ2) is 8.19. The maximum absolute atomic E-state index is 12.2. The quantitative estimate of drug-likeness (QED) is 0.724. The molecular weight excluding hydrogens is 372 g/mol. The first-order valence-electron chi connectivity index (χ1n) is 7.90. The van der Waals surface area contributed by atoms with Gasteiger partial charge in [-0.3, -0.25) is 4.79 Å². The van der Waals surface area contributed by atoms with Gasteiger partial charge in [-0.05, 0) is 48.9 Å². The molecule has 0 fully saturated rings. The van der Waals surface area contributed by atoms with E-state index in [9.17, 15) is 23.1 Å². The molecule has 0 saturated heterocycles. The maximum Gasteiger partial charge on any atom is 0.338 e. The molecule has 0 aliphatic rings. The SMILES string of the molecule is Cc1ccc(S(=O)(=O)N(C)C)cc1NC(=O)COC(=O)c1ccc(O)cc1. The van der Waals surface area contributed by atoms with Crippen LogP contribution < -0.4 is 5.32 Å². The number of carbonyl (C=O) groups excluding carboxylic acids is 2. The lowest BCUT2D eigenvalue weighted by Crippen LogP contribution is -2.23. The minimum absolute atomic E-state index is 0.00678. The fourth-order valence-electron chi connectivity index (χ4n) is 2.11. The first-order valence-corrected chi connectivity index (χ1v) is 9.34. The molecule has 2 aromatic rings.